The molecule has 16 heteroatoms. The van der Waals surface area contributed by atoms with E-state index in [0.717, 1.165) is 11.6 Å². The molecule has 242 valence electrons. The summed E-state index contributed by atoms with van der Waals surface area (Å²) in [6.45, 7) is 3.39. The molecular formula is C30H30ClF4N7O3Si. The summed E-state index contributed by atoms with van der Waals surface area (Å²) in [5, 5.41) is 8.76. The second-order valence-corrected chi connectivity index (χ2v) is 13.9. The maximum atomic E-state index is 14.2. The van der Waals surface area contributed by atoms with E-state index in [-0.39, 0.29) is 41.7 Å². The number of aromatic nitrogens is 4. The molecule has 2 aromatic heterocycles. The normalized spacial score (nSPS) is 16.1. The number of alkyl halides is 3. The van der Waals surface area contributed by atoms with Crippen molar-refractivity contribution in [2.75, 3.05) is 12.4 Å². The smallest absolute Gasteiger partial charge is 0.354 e. The van der Waals surface area contributed by atoms with Gasteiger partial charge in [-0.1, -0.05) is 23.7 Å². The number of fused-ring (bicyclic) bond motifs is 1. The standard InChI is InChI=1S/C30H30ClF4N7O3Si/c1-15-11-19-23(14-41(15)26(44)16-5-10-21(31)20(12-16)30(33,34)35)37-28(38-29(2,46)17-6-8-18(32)9-7-17)42(27(19)45)24-13-22(25(43)36-3)39-40(24)4/h5-10,12-13,15H,11,14H2,1-4,46H3,(H,36,43)(H,37,38)/t15-,29+/m1/s1. The number of nitrogens with zero attached hydrogens (tertiary/aromatic N) is 5. The lowest BCUT2D eigenvalue weighted by atomic mass is 9.98. The number of hydrogen-bond acceptors (Lipinski definition) is 6. The first-order chi connectivity index (χ1) is 21.5. The second-order valence-electron chi connectivity index (χ2n) is 11.5. The summed E-state index contributed by atoms with van der Waals surface area (Å²) in [4.78, 5) is 46.3. The Hall–Kier alpha value is -4.50. The minimum Gasteiger partial charge on any atom is -0.354 e. The monoisotopic (exact) mass is 675 g/mol. The van der Waals surface area contributed by atoms with Gasteiger partial charge in [0.25, 0.3) is 17.4 Å². The van der Waals surface area contributed by atoms with Crippen LogP contribution in [0.5, 0.6) is 0 Å². The first kappa shape index (κ1) is 32.9. The summed E-state index contributed by atoms with van der Waals surface area (Å²) in [5.41, 5.74) is -0.465. The number of carbonyl (C=O) groups is 2. The van der Waals surface area contributed by atoms with E-state index in [1.807, 2.05) is 6.92 Å². The SMILES string of the molecule is CNC(=O)c1cc(-n2c(N[C@@](C)([SiH3])c3ccc(F)cc3)nc3c(c2=O)C[C@@H](C)N(C(=O)c2ccc(Cl)c(C(F)(F)F)c2)C3)n(C)n1. The molecule has 0 unspecified atom stereocenters. The van der Waals surface area contributed by atoms with E-state index in [1.54, 1.807) is 26.1 Å². The number of benzene rings is 2. The molecule has 3 heterocycles. The molecule has 46 heavy (non-hydrogen) atoms. The highest BCUT2D eigenvalue weighted by atomic mass is 35.5. The number of aryl methyl sites for hydroxylation is 1. The van der Waals surface area contributed by atoms with E-state index in [2.05, 4.69) is 15.7 Å². The van der Waals surface area contributed by atoms with Crippen LogP contribution in [0.25, 0.3) is 5.82 Å². The van der Waals surface area contributed by atoms with Crippen LogP contribution >= 0.6 is 11.6 Å². The van der Waals surface area contributed by atoms with E-state index in [9.17, 15) is 31.9 Å². The molecule has 0 bridgehead atoms. The second kappa shape index (κ2) is 12.0. The Kier molecular flexibility index (Phi) is 8.59. The van der Waals surface area contributed by atoms with E-state index in [1.165, 1.54) is 45.5 Å². The van der Waals surface area contributed by atoms with E-state index >= 15 is 0 Å². The fraction of sp³-hybridized carbons (Fsp3) is 0.300. The average Bonchev–Trinajstić information content (AvgIpc) is 3.37. The van der Waals surface area contributed by atoms with Crippen molar-refractivity contribution >= 4 is 39.6 Å². The van der Waals surface area contributed by atoms with Gasteiger partial charge >= 0.3 is 6.18 Å². The fourth-order valence-electron chi connectivity index (χ4n) is 5.39. The van der Waals surface area contributed by atoms with Crippen molar-refractivity contribution in [2.24, 2.45) is 7.05 Å². The Morgan fingerprint density at radius 2 is 1.78 bits per heavy atom. The van der Waals surface area contributed by atoms with Crippen molar-refractivity contribution in [3.8, 4) is 5.82 Å². The van der Waals surface area contributed by atoms with Crippen LogP contribution in [0.15, 0.2) is 53.3 Å². The molecule has 1 aliphatic rings. The van der Waals surface area contributed by atoms with Crippen molar-refractivity contribution in [2.45, 2.75) is 44.2 Å². The summed E-state index contributed by atoms with van der Waals surface area (Å²) >= 11 is 5.77. The Morgan fingerprint density at radius 1 is 1.11 bits per heavy atom. The van der Waals surface area contributed by atoms with Gasteiger partial charge in [0.15, 0.2) is 5.69 Å². The van der Waals surface area contributed by atoms with Crippen molar-refractivity contribution in [3.63, 3.8) is 0 Å². The number of halogens is 5. The van der Waals surface area contributed by atoms with Gasteiger partial charge in [-0.25, -0.2) is 13.9 Å². The minimum atomic E-state index is -4.76. The van der Waals surface area contributed by atoms with Crippen molar-refractivity contribution in [1.82, 2.24) is 29.5 Å². The van der Waals surface area contributed by atoms with Gasteiger partial charge in [-0.05, 0) is 56.2 Å². The van der Waals surface area contributed by atoms with Gasteiger partial charge in [0.05, 0.1) is 22.8 Å². The first-order valence-corrected chi connectivity index (χ1v) is 15.5. The van der Waals surface area contributed by atoms with Crippen LogP contribution in [-0.4, -0.2) is 59.4 Å². The molecule has 1 aliphatic heterocycles. The molecule has 0 aliphatic carbocycles. The third kappa shape index (κ3) is 6.16. The van der Waals surface area contributed by atoms with Gasteiger partial charge in [0, 0.05) is 52.7 Å². The molecule has 0 saturated heterocycles. The Labute approximate surface area is 268 Å². The molecule has 0 fully saturated rings. The fourth-order valence-corrected chi connectivity index (χ4v) is 6.17. The summed E-state index contributed by atoms with van der Waals surface area (Å²) < 4.78 is 57.0. The number of rotatable bonds is 6. The molecule has 2 aromatic carbocycles. The van der Waals surface area contributed by atoms with Crippen LogP contribution in [0.2, 0.25) is 5.02 Å². The van der Waals surface area contributed by atoms with Crippen LogP contribution in [0.1, 0.15) is 57.1 Å². The van der Waals surface area contributed by atoms with Gasteiger partial charge < -0.3 is 15.5 Å². The van der Waals surface area contributed by atoms with E-state index in [0.29, 0.717) is 21.9 Å². The molecule has 0 spiro atoms. The van der Waals surface area contributed by atoms with E-state index < -0.39 is 51.2 Å². The largest absolute Gasteiger partial charge is 0.417 e. The summed E-state index contributed by atoms with van der Waals surface area (Å²) in [5.74, 6) is -1.24. The molecule has 2 atom stereocenters. The number of amides is 2. The van der Waals surface area contributed by atoms with Crippen LogP contribution in [-0.2, 0) is 31.4 Å². The lowest BCUT2D eigenvalue weighted by Crippen LogP contribution is -2.46. The number of hydrogen-bond donors (Lipinski definition) is 2. The summed E-state index contributed by atoms with van der Waals surface area (Å²) in [6, 6.07) is 9.72. The third-order valence-electron chi connectivity index (χ3n) is 7.93. The number of nitrogens with one attached hydrogen (secondary N) is 2. The highest BCUT2D eigenvalue weighted by Crippen LogP contribution is 2.36. The number of carbonyl (C=O) groups excluding carboxylic acids is 2. The third-order valence-corrected chi connectivity index (χ3v) is 9.08. The maximum Gasteiger partial charge on any atom is 0.417 e. The Morgan fingerprint density at radius 3 is 2.41 bits per heavy atom. The molecule has 0 radical (unpaired) electrons. The minimum absolute atomic E-state index is 0.0587. The highest BCUT2D eigenvalue weighted by molar-refractivity contribution is 6.31. The van der Waals surface area contributed by atoms with Crippen LogP contribution in [0.4, 0.5) is 23.5 Å². The average molecular weight is 676 g/mol. The maximum absolute atomic E-state index is 14.2. The lowest BCUT2D eigenvalue weighted by Gasteiger charge is -2.35. The predicted octanol–water partition coefficient (Wildman–Crippen LogP) is 3.37. The van der Waals surface area contributed by atoms with E-state index in [4.69, 9.17) is 16.6 Å². The summed E-state index contributed by atoms with van der Waals surface area (Å²) in [7, 11) is 3.49. The van der Waals surface area contributed by atoms with Crippen molar-refractivity contribution in [3.05, 3.63) is 103 Å². The van der Waals surface area contributed by atoms with Gasteiger partial charge in [-0.15, -0.1) is 0 Å². The number of anilines is 1. The Balaban J connectivity index is 1.62. The summed E-state index contributed by atoms with van der Waals surface area (Å²) in [6.07, 6.45) is -4.70. The zero-order valence-electron chi connectivity index (χ0n) is 25.5. The molecule has 2 N–H and O–H groups in total. The zero-order valence-corrected chi connectivity index (χ0v) is 28.2. The molecule has 5 rings (SSSR count). The van der Waals surface area contributed by atoms with Crippen LogP contribution < -0.4 is 16.2 Å². The predicted molar refractivity (Wildman–Crippen MR) is 167 cm³/mol. The van der Waals surface area contributed by atoms with Gasteiger partial charge in [-0.2, -0.15) is 18.3 Å². The zero-order chi connectivity index (χ0) is 33.7. The Bertz CT molecular complexity index is 1910. The van der Waals surface area contributed by atoms with Gasteiger partial charge in [0.1, 0.15) is 11.6 Å². The van der Waals surface area contributed by atoms with Gasteiger partial charge in [-0.3, -0.25) is 19.1 Å². The molecule has 2 amide bonds. The molecular weight excluding hydrogens is 646 g/mol. The quantitative estimate of drug-likeness (QED) is 0.239. The van der Waals surface area contributed by atoms with Crippen LogP contribution in [0.3, 0.4) is 0 Å². The van der Waals surface area contributed by atoms with Crippen LogP contribution in [0, 0.1) is 5.82 Å². The highest BCUT2D eigenvalue weighted by Gasteiger charge is 2.37. The molecule has 10 nitrogen and oxygen atoms in total. The lowest BCUT2D eigenvalue weighted by molar-refractivity contribution is -0.137. The van der Waals surface area contributed by atoms with Gasteiger partial charge in [0.2, 0.25) is 5.95 Å². The van der Waals surface area contributed by atoms with Crippen molar-refractivity contribution < 1.29 is 27.2 Å². The van der Waals surface area contributed by atoms with Crippen molar-refractivity contribution in [1.29, 1.82) is 0 Å². The topological polar surface area (TPSA) is 114 Å². The molecule has 4 aromatic rings. The molecule has 0 saturated carbocycles. The first-order valence-electron chi connectivity index (χ1n) is 14.1.